The van der Waals surface area contributed by atoms with E-state index in [0.29, 0.717) is 22.8 Å². The van der Waals surface area contributed by atoms with Gasteiger partial charge in [-0.3, -0.25) is 0 Å². The van der Waals surface area contributed by atoms with Gasteiger partial charge in [0.15, 0.2) is 11.5 Å². The van der Waals surface area contributed by atoms with Crippen molar-refractivity contribution in [1.82, 2.24) is 0 Å². The van der Waals surface area contributed by atoms with Gasteiger partial charge in [0.25, 0.3) is 0 Å². The zero-order valence-electron chi connectivity index (χ0n) is 14.2. The summed E-state index contributed by atoms with van der Waals surface area (Å²) < 4.78 is 21.4. The van der Waals surface area contributed by atoms with Crippen LogP contribution in [0.15, 0.2) is 41.0 Å². The maximum atomic E-state index is 12.6. The molecule has 0 unspecified atom stereocenters. The lowest BCUT2D eigenvalue weighted by Crippen LogP contribution is -2.26. The number of hydrogen-bond donors (Lipinski definition) is 1. The fraction of sp³-hybridized carbons (Fsp3) is 0.333. The Labute approximate surface area is 145 Å². The molecule has 2 N–H and O–H groups in total. The second kappa shape index (κ2) is 6.40. The van der Waals surface area contributed by atoms with Gasteiger partial charge in [0.2, 0.25) is 12.7 Å². The molecule has 0 fully saturated rings. The van der Waals surface area contributed by atoms with Gasteiger partial charge in [-0.25, -0.2) is 4.79 Å². The minimum Gasteiger partial charge on any atom is -0.459 e. The van der Waals surface area contributed by atoms with Crippen molar-refractivity contribution in [2.45, 2.75) is 32.8 Å². The number of fused-ring (bicyclic) bond motifs is 1. The summed E-state index contributed by atoms with van der Waals surface area (Å²) in [5.41, 5.74) is 6.95. The van der Waals surface area contributed by atoms with Gasteiger partial charge in [0.1, 0.15) is 17.4 Å². The molecule has 1 aromatic carbocycles. The molecular weight excluding hydrogens is 324 g/mol. The molecule has 0 radical (unpaired) electrons. The molecular formula is C18H18N2O5. The first-order valence-corrected chi connectivity index (χ1v) is 7.81. The minimum atomic E-state index is -0.695. The second-order valence-corrected chi connectivity index (χ2v) is 5.96. The molecule has 0 saturated carbocycles. The minimum absolute atomic E-state index is 0.0243. The van der Waals surface area contributed by atoms with Crippen LogP contribution in [0.2, 0.25) is 0 Å². The van der Waals surface area contributed by atoms with Crippen LogP contribution in [0.4, 0.5) is 0 Å². The van der Waals surface area contributed by atoms with Gasteiger partial charge < -0.3 is 24.7 Å². The lowest BCUT2D eigenvalue weighted by atomic mass is 9.83. The van der Waals surface area contributed by atoms with Gasteiger partial charge in [0.05, 0.1) is 17.6 Å². The van der Waals surface area contributed by atoms with E-state index >= 15 is 0 Å². The van der Waals surface area contributed by atoms with Crippen LogP contribution in [0.1, 0.15) is 32.3 Å². The molecule has 2 heterocycles. The molecule has 0 spiro atoms. The lowest BCUT2D eigenvalue weighted by Gasteiger charge is -2.27. The Kier molecular flexibility index (Phi) is 4.28. The molecule has 0 aromatic heterocycles. The molecule has 130 valence electrons. The van der Waals surface area contributed by atoms with Crippen molar-refractivity contribution < 1.29 is 23.7 Å². The van der Waals surface area contributed by atoms with Gasteiger partial charge in [-0.2, -0.15) is 5.26 Å². The third kappa shape index (κ3) is 2.98. The molecule has 0 saturated heterocycles. The summed E-state index contributed by atoms with van der Waals surface area (Å²) in [5, 5.41) is 9.56. The van der Waals surface area contributed by atoms with Crippen molar-refractivity contribution in [1.29, 1.82) is 5.26 Å². The molecule has 1 aromatic rings. The number of carbonyl (C=O) groups excluding carboxylic acids is 1. The monoisotopic (exact) mass is 342 g/mol. The normalized spacial score (nSPS) is 18.9. The van der Waals surface area contributed by atoms with Crippen LogP contribution < -0.4 is 15.2 Å². The van der Waals surface area contributed by atoms with Gasteiger partial charge in [0, 0.05) is 0 Å². The van der Waals surface area contributed by atoms with Crippen molar-refractivity contribution in [3.05, 3.63) is 46.6 Å². The highest BCUT2D eigenvalue weighted by molar-refractivity contribution is 5.92. The molecule has 7 nitrogen and oxygen atoms in total. The zero-order valence-corrected chi connectivity index (χ0v) is 14.2. The molecule has 2 aliphatic rings. The smallest absolute Gasteiger partial charge is 0.338 e. The van der Waals surface area contributed by atoms with E-state index in [4.69, 9.17) is 24.7 Å². The number of esters is 1. The molecule has 2 aliphatic heterocycles. The summed E-state index contributed by atoms with van der Waals surface area (Å²) >= 11 is 0. The van der Waals surface area contributed by atoms with Gasteiger partial charge >= 0.3 is 5.97 Å². The first-order chi connectivity index (χ1) is 11.9. The van der Waals surface area contributed by atoms with Gasteiger partial charge in [-0.1, -0.05) is 6.07 Å². The molecule has 0 amide bonds. The summed E-state index contributed by atoms with van der Waals surface area (Å²) in [6.07, 6.45) is -0.306. The average Bonchev–Trinajstić information content (AvgIpc) is 3.00. The third-order valence-corrected chi connectivity index (χ3v) is 3.90. The highest BCUT2D eigenvalue weighted by Crippen LogP contribution is 2.43. The predicted octanol–water partition coefficient (Wildman–Crippen LogP) is 2.45. The van der Waals surface area contributed by atoms with Crippen LogP contribution in [0.5, 0.6) is 11.5 Å². The van der Waals surface area contributed by atoms with Crippen LogP contribution in [0.25, 0.3) is 0 Å². The highest BCUT2D eigenvalue weighted by Gasteiger charge is 2.37. The summed E-state index contributed by atoms with van der Waals surface area (Å²) in [6.45, 7) is 5.26. The first-order valence-electron chi connectivity index (χ1n) is 7.81. The summed E-state index contributed by atoms with van der Waals surface area (Å²) in [7, 11) is 0. The fourth-order valence-corrected chi connectivity index (χ4v) is 2.85. The molecule has 7 heteroatoms. The first kappa shape index (κ1) is 16.7. The predicted molar refractivity (Wildman–Crippen MR) is 87.1 cm³/mol. The van der Waals surface area contributed by atoms with Crippen LogP contribution in [0.3, 0.4) is 0 Å². The van der Waals surface area contributed by atoms with Crippen LogP contribution in [0, 0.1) is 11.3 Å². The van der Waals surface area contributed by atoms with E-state index < -0.39 is 11.9 Å². The van der Waals surface area contributed by atoms with Crippen molar-refractivity contribution in [2.75, 3.05) is 6.79 Å². The number of ether oxygens (including phenoxy) is 4. The van der Waals surface area contributed by atoms with Crippen LogP contribution >= 0.6 is 0 Å². The van der Waals surface area contributed by atoms with E-state index in [1.807, 2.05) is 6.07 Å². The Morgan fingerprint density at radius 1 is 1.36 bits per heavy atom. The van der Waals surface area contributed by atoms with Gasteiger partial charge in [-0.05, 0) is 38.5 Å². The number of rotatable bonds is 3. The van der Waals surface area contributed by atoms with E-state index in [2.05, 4.69) is 0 Å². The Bertz CT molecular complexity index is 832. The molecule has 3 rings (SSSR count). The number of benzene rings is 1. The van der Waals surface area contributed by atoms with Crippen LogP contribution in [-0.4, -0.2) is 18.9 Å². The standard InChI is InChI=1S/C18H18N2O5/c1-9(2)24-18(21)15-10(3)25-17(20)12(7-19)16(15)11-4-5-13-14(6-11)23-8-22-13/h4-6,9,16H,8,20H2,1-3H3/t16-/m0/s1. The Morgan fingerprint density at radius 3 is 2.76 bits per heavy atom. The van der Waals surface area contributed by atoms with E-state index in [1.165, 1.54) is 0 Å². The summed E-state index contributed by atoms with van der Waals surface area (Å²) in [5.74, 6) is 0.204. The topological polar surface area (TPSA) is 104 Å². The Balaban J connectivity index is 2.11. The second-order valence-electron chi connectivity index (χ2n) is 5.96. The largest absolute Gasteiger partial charge is 0.459 e. The molecule has 1 atom stereocenters. The number of nitrogens with two attached hydrogens (primary N) is 1. The SMILES string of the molecule is CC1=C(C(=O)OC(C)C)[C@@H](c2ccc3c(c2)OCO3)C(C#N)=C(N)O1. The lowest BCUT2D eigenvalue weighted by molar-refractivity contribution is -0.143. The number of hydrogen-bond acceptors (Lipinski definition) is 7. The Morgan fingerprint density at radius 2 is 2.08 bits per heavy atom. The molecule has 0 aliphatic carbocycles. The Hall–Kier alpha value is -3.14. The summed E-state index contributed by atoms with van der Waals surface area (Å²) in [4.78, 5) is 12.6. The number of carbonyl (C=O) groups is 1. The number of nitriles is 1. The van der Waals surface area contributed by atoms with Crippen molar-refractivity contribution in [3.63, 3.8) is 0 Å². The van der Waals surface area contributed by atoms with Crippen molar-refractivity contribution in [2.24, 2.45) is 5.73 Å². The molecule has 25 heavy (non-hydrogen) atoms. The molecule has 0 bridgehead atoms. The van der Waals surface area contributed by atoms with E-state index in [1.54, 1.807) is 39.0 Å². The third-order valence-electron chi connectivity index (χ3n) is 3.90. The quantitative estimate of drug-likeness (QED) is 0.841. The summed E-state index contributed by atoms with van der Waals surface area (Å²) in [6, 6.07) is 7.28. The van der Waals surface area contributed by atoms with Gasteiger partial charge in [-0.15, -0.1) is 0 Å². The maximum absolute atomic E-state index is 12.6. The highest BCUT2D eigenvalue weighted by atomic mass is 16.7. The number of nitrogens with zero attached hydrogens (tertiary/aromatic N) is 1. The van der Waals surface area contributed by atoms with E-state index in [-0.39, 0.29) is 29.9 Å². The van der Waals surface area contributed by atoms with Crippen molar-refractivity contribution >= 4 is 5.97 Å². The zero-order chi connectivity index (χ0) is 18.1. The van der Waals surface area contributed by atoms with E-state index in [9.17, 15) is 10.1 Å². The van der Waals surface area contributed by atoms with Crippen molar-refractivity contribution in [3.8, 4) is 17.6 Å². The van der Waals surface area contributed by atoms with E-state index in [0.717, 1.165) is 0 Å². The fourth-order valence-electron chi connectivity index (χ4n) is 2.85. The van der Waals surface area contributed by atoms with Crippen LogP contribution in [-0.2, 0) is 14.3 Å². The maximum Gasteiger partial charge on any atom is 0.338 e. The average molecular weight is 342 g/mol. The number of allylic oxidation sites excluding steroid dienone is 2.